The first-order valence-corrected chi connectivity index (χ1v) is 8.44. The molecule has 0 aromatic rings. The largest absolute Gasteiger partial charge is 0.480 e. The van der Waals surface area contributed by atoms with E-state index in [1.54, 1.807) is 6.92 Å². The molecular weight excluding hydrogens is 338 g/mol. The lowest BCUT2D eigenvalue weighted by Gasteiger charge is -2.49. The van der Waals surface area contributed by atoms with Gasteiger partial charge in [-0.25, -0.2) is 4.79 Å². The Balaban J connectivity index is 1.88. The summed E-state index contributed by atoms with van der Waals surface area (Å²) in [5.74, 6) is -2.62. The average Bonchev–Trinajstić information content (AvgIpc) is 2.51. The molecule has 3 atom stereocenters. The van der Waals surface area contributed by atoms with Crippen molar-refractivity contribution in [3.8, 4) is 0 Å². The Labute approximate surface area is 142 Å². The Bertz CT molecular complexity index is 620. The molecule has 2 aliphatic rings. The van der Waals surface area contributed by atoms with Gasteiger partial charge in [-0.1, -0.05) is 0 Å². The zero-order valence-electron chi connectivity index (χ0n) is 13.0. The van der Waals surface area contributed by atoms with Crippen molar-refractivity contribution in [2.75, 3.05) is 5.75 Å². The van der Waals surface area contributed by atoms with E-state index in [0.29, 0.717) is 17.7 Å². The maximum atomic E-state index is 12.2. The molecule has 0 aliphatic carbocycles. The van der Waals surface area contributed by atoms with E-state index < -0.39 is 35.3 Å². The number of nitrogens with zero attached hydrogens (tertiary/aromatic N) is 1. The van der Waals surface area contributed by atoms with Crippen molar-refractivity contribution in [3.63, 3.8) is 0 Å². The van der Waals surface area contributed by atoms with Crippen LogP contribution in [0.25, 0.3) is 0 Å². The van der Waals surface area contributed by atoms with Crippen LogP contribution in [0.3, 0.4) is 0 Å². The number of amides is 2. The highest BCUT2D eigenvalue weighted by Crippen LogP contribution is 2.40. The highest BCUT2D eigenvalue weighted by Gasteiger charge is 2.53. The summed E-state index contributed by atoms with van der Waals surface area (Å²) < 4.78 is 0. The first-order chi connectivity index (χ1) is 11.2. The Kier molecular flexibility index (Phi) is 5.50. The molecule has 2 rings (SSSR count). The quantitative estimate of drug-likeness (QED) is 0.438. The zero-order chi connectivity index (χ0) is 18.0. The number of carboxylic acids is 2. The molecule has 0 bridgehead atoms. The highest BCUT2D eigenvalue weighted by molar-refractivity contribution is 8.00. The topological polar surface area (TPSA) is 150 Å². The Morgan fingerprint density at radius 1 is 1.42 bits per heavy atom. The number of carbonyl (C=O) groups is 4. The summed E-state index contributed by atoms with van der Waals surface area (Å²) in [7, 11) is 0. The monoisotopic (exact) mass is 357 g/mol. The molecule has 2 amide bonds. The van der Waals surface area contributed by atoms with E-state index in [9.17, 15) is 24.3 Å². The summed E-state index contributed by atoms with van der Waals surface area (Å²) in [4.78, 5) is 47.1. The van der Waals surface area contributed by atoms with E-state index in [1.165, 1.54) is 16.7 Å². The molecule has 1 unspecified atom stereocenters. The van der Waals surface area contributed by atoms with Crippen molar-refractivity contribution in [3.05, 3.63) is 11.3 Å². The molecule has 132 valence electrons. The van der Waals surface area contributed by atoms with E-state index in [-0.39, 0.29) is 24.4 Å². The maximum Gasteiger partial charge on any atom is 0.352 e. The van der Waals surface area contributed by atoms with Gasteiger partial charge < -0.3 is 21.3 Å². The third-order valence-corrected chi connectivity index (χ3v) is 5.34. The molecule has 5 N–H and O–H groups in total. The molecule has 0 aromatic carbocycles. The second-order valence-electron chi connectivity index (χ2n) is 5.73. The van der Waals surface area contributed by atoms with E-state index in [2.05, 4.69) is 5.32 Å². The predicted octanol–water partition coefficient (Wildman–Crippen LogP) is -0.673. The summed E-state index contributed by atoms with van der Waals surface area (Å²) in [6.07, 6.45) is 0.515. The molecular formula is C14H19N3O6S. The van der Waals surface area contributed by atoms with Gasteiger partial charge in [-0.15, -0.1) is 11.8 Å². The van der Waals surface area contributed by atoms with Crippen LogP contribution >= 0.6 is 11.8 Å². The fourth-order valence-electron chi connectivity index (χ4n) is 2.63. The highest BCUT2D eigenvalue weighted by atomic mass is 32.2. The number of hydrogen-bond acceptors (Lipinski definition) is 6. The van der Waals surface area contributed by atoms with Crippen LogP contribution in [0.4, 0.5) is 0 Å². The first-order valence-electron chi connectivity index (χ1n) is 7.39. The number of rotatable bonds is 7. The molecule has 2 heterocycles. The number of hydrogen-bond donors (Lipinski definition) is 4. The van der Waals surface area contributed by atoms with Gasteiger partial charge >= 0.3 is 11.9 Å². The van der Waals surface area contributed by atoms with Gasteiger partial charge in [-0.3, -0.25) is 19.3 Å². The van der Waals surface area contributed by atoms with E-state index in [4.69, 9.17) is 10.8 Å². The van der Waals surface area contributed by atoms with Crippen LogP contribution in [0.15, 0.2) is 11.3 Å². The van der Waals surface area contributed by atoms with Crippen molar-refractivity contribution in [2.24, 2.45) is 5.73 Å². The minimum Gasteiger partial charge on any atom is -0.480 e. The molecule has 10 heteroatoms. The number of nitrogens with one attached hydrogen (secondary N) is 1. The van der Waals surface area contributed by atoms with Crippen molar-refractivity contribution in [1.82, 2.24) is 10.2 Å². The number of aliphatic carboxylic acids is 2. The second kappa shape index (κ2) is 7.22. The molecule has 0 radical (unpaired) electrons. The van der Waals surface area contributed by atoms with Gasteiger partial charge in [0, 0.05) is 12.2 Å². The summed E-state index contributed by atoms with van der Waals surface area (Å²) in [6.45, 7) is 1.66. The molecule has 0 aromatic heterocycles. The number of thioether (sulfide) groups is 1. The van der Waals surface area contributed by atoms with E-state index in [1.807, 2.05) is 0 Å². The number of fused-ring (bicyclic) bond motifs is 1. The van der Waals surface area contributed by atoms with Crippen molar-refractivity contribution < 1.29 is 29.4 Å². The lowest BCUT2D eigenvalue weighted by Crippen LogP contribution is -2.70. The SMILES string of the molecule is CC1=C(C(=O)O)N2C(=O)[C@@H](NC(=O)CCCC(N)C(=O)O)[C@H]2SC1. The fraction of sp³-hybridized carbons (Fsp3) is 0.571. The normalized spacial score (nSPS) is 24.1. The molecule has 0 spiro atoms. The van der Waals surface area contributed by atoms with Crippen LogP contribution in [0, 0.1) is 0 Å². The molecule has 9 nitrogen and oxygen atoms in total. The average molecular weight is 357 g/mol. The third kappa shape index (κ3) is 3.54. The zero-order valence-corrected chi connectivity index (χ0v) is 13.8. The Morgan fingerprint density at radius 3 is 2.67 bits per heavy atom. The summed E-state index contributed by atoms with van der Waals surface area (Å²) in [5, 5.41) is 20.1. The standard InChI is InChI=1S/C14H19N3O6S/c1-6-5-24-12-9(11(19)17(12)10(6)14(22)23)16-8(18)4-2-3-7(15)13(20)21/h7,9,12H,2-5,15H2,1H3,(H,16,18)(H,20,21)(H,22,23)/t7?,9-,12-/m1/s1. The van der Waals surface area contributed by atoms with Crippen LogP contribution in [0.1, 0.15) is 26.2 Å². The Morgan fingerprint density at radius 2 is 2.08 bits per heavy atom. The van der Waals surface area contributed by atoms with E-state index in [0.717, 1.165) is 0 Å². The van der Waals surface area contributed by atoms with Gasteiger partial charge in [0.2, 0.25) is 5.91 Å². The molecule has 2 aliphatic heterocycles. The minimum atomic E-state index is -1.15. The summed E-state index contributed by atoms with van der Waals surface area (Å²) >= 11 is 1.40. The number of β-lactam (4-membered cyclic amide) rings is 1. The molecule has 24 heavy (non-hydrogen) atoms. The molecule has 0 saturated carbocycles. The second-order valence-corrected chi connectivity index (χ2v) is 6.83. The number of nitrogens with two attached hydrogens (primary N) is 1. The van der Waals surface area contributed by atoms with Gasteiger partial charge in [0.1, 0.15) is 23.2 Å². The van der Waals surface area contributed by atoms with E-state index >= 15 is 0 Å². The lowest BCUT2D eigenvalue weighted by molar-refractivity contribution is -0.150. The number of carbonyl (C=O) groups excluding carboxylic acids is 2. The van der Waals surface area contributed by atoms with Gasteiger partial charge in [-0.2, -0.15) is 0 Å². The first kappa shape index (κ1) is 18.3. The molecule has 1 fully saturated rings. The van der Waals surface area contributed by atoms with Crippen LogP contribution in [-0.4, -0.2) is 62.1 Å². The van der Waals surface area contributed by atoms with Gasteiger partial charge in [0.05, 0.1) is 0 Å². The predicted molar refractivity (Wildman–Crippen MR) is 84.8 cm³/mol. The number of carboxylic acid groups (broad SMARTS) is 2. The van der Waals surface area contributed by atoms with Crippen molar-refractivity contribution in [1.29, 1.82) is 0 Å². The van der Waals surface area contributed by atoms with Crippen LogP contribution < -0.4 is 11.1 Å². The summed E-state index contributed by atoms with van der Waals surface area (Å²) in [6, 6.07) is -1.77. The fourth-order valence-corrected chi connectivity index (χ4v) is 3.92. The van der Waals surface area contributed by atoms with Gasteiger partial charge in [0.15, 0.2) is 0 Å². The van der Waals surface area contributed by atoms with Crippen LogP contribution in [-0.2, 0) is 19.2 Å². The van der Waals surface area contributed by atoms with Crippen LogP contribution in [0.2, 0.25) is 0 Å². The minimum absolute atomic E-state index is 0.0123. The van der Waals surface area contributed by atoms with Gasteiger partial charge in [-0.05, 0) is 25.3 Å². The smallest absolute Gasteiger partial charge is 0.352 e. The van der Waals surface area contributed by atoms with Crippen molar-refractivity contribution in [2.45, 2.75) is 43.6 Å². The van der Waals surface area contributed by atoms with Gasteiger partial charge in [0.25, 0.3) is 5.91 Å². The lowest BCUT2D eigenvalue weighted by atomic mass is 10.0. The molecule has 1 saturated heterocycles. The summed E-state index contributed by atoms with van der Waals surface area (Å²) in [5.41, 5.74) is 5.95. The third-order valence-electron chi connectivity index (χ3n) is 3.91. The Hall–Kier alpha value is -2.07. The van der Waals surface area contributed by atoms with Crippen molar-refractivity contribution >= 4 is 35.5 Å². The maximum absolute atomic E-state index is 12.2. The van der Waals surface area contributed by atoms with Crippen LogP contribution in [0.5, 0.6) is 0 Å².